The van der Waals surface area contributed by atoms with E-state index in [9.17, 15) is 34.7 Å². The Morgan fingerprint density at radius 1 is 0.848 bits per heavy atom. The summed E-state index contributed by atoms with van der Waals surface area (Å²) >= 11 is 0. The number of benzene rings is 1. The second-order valence-corrected chi connectivity index (χ2v) is 8.76. The predicted octanol–water partition coefficient (Wildman–Crippen LogP) is 0.824. The summed E-state index contributed by atoms with van der Waals surface area (Å²) in [5, 5.41) is 31.2. The lowest BCUT2D eigenvalue weighted by atomic mass is 9.57. The van der Waals surface area contributed by atoms with Crippen LogP contribution in [-0.2, 0) is 19.2 Å². The van der Waals surface area contributed by atoms with Crippen LogP contribution in [-0.4, -0.2) is 63.5 Å². The van der Waals surface area contributed by atoms with Crippen LogP contribution in [0.15, 0.2) is 23.8 Å². The number of hydrogen-bond acceptors (Lipinski definition) is 9. The maximum absolute atomic E-state index is 12.9. The van der Waals surface area contributed by atoms with Crippen LogP contribution in [0.1, 0.15) is 24.3 Å². The Hall–Kier alpha value is -3.44. The number of hydrogen-bond donors (Lipinski definition) is 3. The average Bonchev–Trinajstić information content (AvgIpc) is 3.17. The van der Waals surface area contributed by atoms with E-state index in [1.165, 1.54) is 26.4 Å². The van der Waals surface area contributed by atoms with Crippen LogP contribution in [0.3, 0.4) is 0 Å². The van der Waals surface area contributed by atoms with Gasteiger partial charge in [-0.25, -0.2) is 0 Å². The molecule has 1 aromatic carbocycles. The van der Waals surface area contributed by atoms with Crippen molar-refractivity contribution in [3.63, 3.8) is 0 Å². The van der Waals surface area contributed by atoms with Crippen LogP contribution in [0.4, 0.5) is 0 Å². The highest BCUT2D eigenvalue weighted by Crippen LogP contribution is 2.60. The molecular weight excluding hydrogens is 436 g/mol. The molecule has 33 heavy (non-hydrogen) atoms. The summed E-state index contributed by atoms with van der Waals surface area (Å²) in [5.41, 5.74) is 0.806. The summed E-state index contributed by atoms with van der Waals surface area (Å²) in [7, 11) is 2.79. The van der Waals surface area contributed by atoms with Crippen molar-refractivity contribution in [3.8, 4) is 17.2 Å². The van der Waals surface area contributed by atoms with Gasteiger partial charge in [0, 0.05) is 23.6 Å². The lowest BCUT2D eigenvalue weighted by Gasteiger charge is -2.44. The van der Waals surface area contributed by atoms with Gasteiger partial charge in [0.1, 0.15) is 17.2 Å². The molecule has 174 valence electrons. The topological polar surface area (TPSA) is 154 Å². The first-order valence-electron chi connectivity index (χ1n) is 10.5. The van der Waals surface area contributed by atoms with Crippen molar-refractivity contribution in [3.05, 3.63) is 29.3 Å². The molecule has 11 nitrogen and oxygen atoms in total. The molecule has 0 bridgehead atoms. The van der Waals surface area contributed by atoms with Gasteiger partial charge in [-0.15, -0.1) is 0 Å². The van der Waals surface area contributed by atoms with Crippen LogP contribution >= 0.6 is 0 Å². The highest BCUT2D eigenvalue weighted by molar-refractivity contribution is 6.06. The number of rotatable bonds is 3. The fourth-order valence-electron chi connectivity index (χ4n) is 6.06. The summed E-state index contributed by atoms with van der Waals surface area (Å²) in [6.45, 7) is 0. The molecule has 1 aromatic rings. The van der Waals surface area contributed by atoms with Gasteiger partial charge in [-0.2, -0.15) is 10.1 Å². The third kappa shape index (κ3) is 2.75. The molecule has 2 aliphatic heterocycles. The van der Waals surface area contributed by atoms with Crippen molar-refractivity contribution >= 4 is 23.6 Å². The van der Waals surface area contributed by atoms with Crippen molar-refractivity contribution < 1.29 is 44.2 Å². The number of fused-ring (bicyclic) bond motifs is 4. The van der Waals surface area contributed by atoms with Gasteiger partial charge < -0.3 is 14.6 Å². The lowest BCUT2D eigenvalue weighted by molar-refractivity contribution is -0.174. The van der Waals surface area contributed by atoms with Crippen molar-refractivity contribution in [2.45, 2.75) is 18.8 Å². The number of nitrogens with zero attached hydrogens (tertiary/aromatic N) is 2. The molecule has 0 aromatic heterocycles. The Kier molecular flexibility index (Phi) is 4.73. The maximum Gasteiger partial charge on any atom is 0.258 e. The molecule has 3 N–H and O–H groups in total. The molecule has 11 heteroatoms. The molecule has 4 amide bonds. The zero-order valence-corrected chi connectivity index (χ0v) is 17.8. The number of hydroxylamine groups is 4. The minimum absolute atomic E-state index is 0.0435. The molecule has 5 rings (SSSR count). The Balaban J connectivity index is 1.72. The normalized spacial score (nSPS) is 33.0. The molecular formula is C22H22N2O9. The number of carbonyl (C=O) groups excluding carboxylic acids is 4. The van der Waals surface area contributed by atoms with Gasteiger partial charge in [-0.1, -0.05) is 11.6 Å². The third-order valence-corrected chi connectivity index (χ3v) is 7.46. The van der Waals surface area contributed by atoms with E-state index >= 15 is 0 Å². The summed E-state index contributed by atoms with van der Waals surface area (Å²) in [4.78, 5) is 50.8. The van der Waals surface area contributed by atoms with Gasteiger partial charge in [0.25, 0.3) is 23.6 Å². The number of methoxy groups -OCH3 is 2. The maximum atomic E-state index is 12.9. The van der Waals surface area contributed by atoms with Gasteiger partial charge in [-0.05, 0) is 18.8 Å². The van der Waals surface area contributed by atoms with E-state index in [0.717, 1.165) is 0 Å². The fraction of sp³-hybridized carbons (Fsp3) is 0.455. The predicted molar refractivity (Wildman–Crippen MR) is 106 cm³/mol. The van der Waals surface area contributed by atoms with E-state index in [1.807, 2.05) is 0 Å². The highest BCUT2D eigenvalue weighted by atomic mass is 16.5. The lowest BCUT2D eigenvalue weighted by Crippen LogP contribution is -2.43. The smallest absolute Gasteiger partial charge is 0.258 e. The van der Waals surface area contributed by atoms with Crippen molar-refractivity contribution in [2.24, 2.45) is 29.6 Å². The van der Waals surface area contributed by atoms with Gasteiger partial charge in [0.15, 0.2) is 0 Å². The number of amides is 4. The zero-order chi connectivity index (χ0) is 23.8. The Morgan fingerprint density at radius 2 is 1.48 bits per heavy atom. The summed E-state index contributed by atoms with van der Waals surface area (Å²) in [5.74, 6) is -8.08. The van der Waals surface area contributed by atoms with Crippen LogP contribution < -0.4 is 9.47 Å². The van der Waals surface area contributed by atoms with Crippen LogP contribution in [0.5, 0.6) is 17.2 Å². The number of allylic oxidation sites excluding steroid dienone is 2. The Bertz CT molecular complexity index is 1130. The number of aromatic hydroxyl groups is 1. The highest BCUT2D eigenvalue weighted by Gasteiger charge is 2.62. The Morgan fingerprint density at radius 3 is 2.12 bits per heavy atom. The van der Waals surface area contributed by atoms with Gasteiger partial charge in [0.05, 0.1) is 37.9 Å². The molecule has 2 heterocycles. The standard InChI is InChI=1S/C22H22N2O9/c1-32-8-5-13(25)18(14(6-8)33-2)16-9-3-4-10-15(21(28)23(30)19(10)26)11(9)7-12-17(16)22(29)24(31)20(12)27/h3,5-6,10-12,15-17,25,30-31H,4,7H2,1-2H3/t10-,11+,12+,15-,16-,17+/m0/s1. The Labute approximate surface area is 187 Å². The van der Waals surface area contributed by atoms with E-state index in [0.29, 0.717) is 11.3 Å². The summed E-state index contributed by atoms with van der Waals surface area (Å²) in [6.07, 6.45) is 1.93. The van der Waals surface area contributed by atoms with Crippen molar-refractivity contribution in [2.75, 3.05) is 14.2 Å². The summed E-state index contributed by atoms with van der Waals surface area (Å²) < 4.78 is 10.7. The minimum Gasteiger partial charge on any atom is -0.507 e. The zero-order valence-electron chi connectivity index (χ0n) is 17.8. The van der Waals surface area contributed by atoms with E-state index in [2.05, 4.69) is 0 Å². The second kappa shape index (κ2) is 7.29. The largest absolute Gasteiger partial charge is 0.507 e. The van der Waals surface area contributed by atoms with E-state index < -0.39 is 59.1 Å². The van der Waals surface area contributed by atoms with Gasteiger partial charge >= 0.3 is 0 Å². The first kappa shape index (κ1) is 21.4. The number of phenols is 1. The number of imide groups is 2. The number of carbonyl (C=O) groups is 4. The first-order valence-corrected chi connectivity index (χ1v) is 10.5. The van der Waals surface area contributed by atoms with Crippen molar-refractivity contribution in [1.29, 1.82) is 0 Å². The molecule has 0 radical (unpaired) electrons. The average molecular weight is 458 g/mol. The van der Waals surface area contributed by atoms with E-state index in [-0.39, 0.29) is 40.0 Å². The van der Waals surface area contributed by atoms with Gasteiger partial charge in [-0.3, -0.25) is 29.6 Å². The van der Waals surface area contributed by atoms with Gasteiger partial charge in [0.2, 0.25) is 0 Å². The SMILES string of the molecule is COc1cc(O)c([C@H]2C3=CC[C@@H]4C(=O)N(O)C(=O)[C@@H]4[C@@H]3C[C@H]3C(=O)N(O)C(=O)[C@@H]23)c(OC)c1. The quantitative estimate of drug-likeness (QED) is 0.339. The van der Waals surface area contributed by atoms with Crippen LogP contribution in [0.2, 0.25) is 0 Å². The second-order valence-electron chi connectivity index (χ2n) is 8.76. The molecule has 4 aliphatic rings. The van der Waals surface area contributed by atoms with E-state index in [4.69, 9.17) is 9.47 Å². The molecule has 3 fully saturated rings. The van der Waals surface area contributed by atoms with E-state index in [1.54, 1.807) is 6.08 Å². The summed E-state index contributed by atoms with van der Waals surface area (Å²) in [6, 6.07) is 2.87. The van der Waals surface area contributed by atoms with Crippen molar-refractivity contribution in [1.82, 2.24) is 10.1 Å². The monoisotopic (exact) mass is 458 g/mol. The van der Waals surface area contributed by atoms with Crippen LogP contribution in [0.25, 0.3) is 0 Å². The third-order valence-electron chi connectivity index (χ3n) is 7.46. The van der Waals surface area contributed by atoms with Crippen LogP contribution in [0, 0.1) is 29.6 Å². The molecule has 6 atom stereocenters. The molecule has 0 spiro atoms. The fourth-order valence-corrected chi connectivity index (χ4v) is 6.06. The molecule has 2 aliphatic carbocycles. The molecule has 0 unspecified atom stereocenters. The first-order chi connectivity index (χ1) is 15.7. The molecule has 2 saturated heterocycles. The molecule has 1 saturated carbocycles. The number of phenolic OH excluding ortho intramolecular Hbond substituents is 1. The minimum atomic E-state index is -1.04. The number of ether oxygens (including phenoxy) is 2.